The summed E-state index contributed by atoms with van der Waals surface area (Å²) < 4.78 is 2.57. The quantitative estimate of drug-likeness (QED) is 0.792. The third kappa shape index (κ3) is 2.54. The molecule has 1 N–H and O–H groups in total. The number of H-pyrrole nitrogens is 1. The SMILES string of the molecule is Cc1nn(C)c(C)c1-c1nc(C2CCCC2)c(I)c(=O)[nH]1. The van der Waals surface area contributed by atoms with Crippen molar-refractivity contribution in [1.29, 1.82) is 0 Å². The molecule has 1 aliphatic rings. The van der Waals surface area contributed by atoms with Gasteiger partial charge in [0.2, 0.25) is 0 Å². The number of aryl methyl sites for hydroxylation is 2. The molecule has 0 aliphatic heterocycles. The Balaban J connectivity index is 2.18. The molecular weight excluding hydrogens is 379 g/mol. The predicted molar refractivity (Wildman–Crippen MR) is 90.5 cm³/mol. The standard InChI is InChI=1S/C15H19IN4O/c1-8-11(9(2)20(3)19-8)14-17-13(10-6-4-5-7-10)12(16)15(21)18-14/h10H,4-7H2,1-3H3,(H,17,18,21). The van der Waals surface area contributed by atoms with E-state index in [9.17, 15) is 4.79 Å². The minimum absolute atomic E-state index is 0.0369. The molecule has 21 heavy (non-hydrogen) atoms. The second kappa shape index (κ2) is 5.55. The van der Waals surface area contributed by atoms with E-state index < -0.39 is 0 Å². The minimum Gasteiger partial charge on any atom is -0.305 e. The molecule has 1 saturated carbocycles. The van der Waals surface area contributed by atoms with Crippen molar-refractivity contribution >= 4 is 22.6 Å². The van der Waals surface area contributed by atoms with Gasteiger partial charge in [-0.1, -0.05) is 12.8 Å². The van der Waals surface area contributed by atoms with Gasteiger partial charge in [0, 0.05) is 18.7 Å². The van der Waals surface area contributed by atoms with Crippen molar-refractivity contribution in [3.63, 3.8) is 0 Å². The fraction of sp³-hybridized carbons (Fsp3) is 0.533. The van der Waals surface area contributed by atoms with E-state index in [1.165, 1.54) is 12.8 Å². The monoisotopic (exact) mass is 398 g/mol. The van der Waals surface area contributed by atoms with E-state index >= 15 is 0 Å². The predicted octanol–water partition coefficient (Wildman–Crippen LogP) is 3.05. The number of aromatic nitrogens is 4. The second-order valence-corrected chi connectivity index (χ2v) is 6.84. The molecule has 0 radical (unpaired) electrons. The van der Waals surface area contributed by atoms with Crippen LogP contribution in [0.25, 0.3) is 11.4 Å². The van der Waals surface area contributed by atoms with Crippen LogP contribution in [0.2, 0.25) is 0 Å². The molecule has 5 nitrogen and oxygen atoms in total. The summed E-state index contributed by atoms with van der Waals surface area (Å²) in [7, 11) is 1.91. The Kier molecular flexibility index (Phi) is 3.90. The van der Waals surface area contributed by atoms with Crippen LogP contribution in [-0.2, 0) is 7.05 Å². The van der Waals surface area contributed by atoms with Gasteiger partial charge in [-0.3, -0.25) is 9.48 Å². The molecule has 112 valence electrons. The highest BCUT2D eigenvalue weighted by Crippen LogP contribution is 2.35. The molecule has 2 aromatic heterocycles. The zero-order valence-electron chi connectivity index (χ0n) is 12.5. The van der Waals surface area contributed by atoms with Gasteiger partial charge in [-0.2, -0.15) is 5.10 Å². The number of nitrogens with zero attached hydrogens (tertiary/aromatic N) is 3. The Hall–Kier alpha value is -1.18. The van der Waals surface area contributed by atoms with Crippen molar-refractivity contribution in [2.24, 2.45) is 7.05 Å². The lowest BCUT2D eigenvalue weighted by Crippen LogP contribution is -2.18. The number of halogens is 1. The summed E-state index contributed by atoms with van der Waals surface area (Å²) in [6, 6.07) is 0. The summed E-state index contributed by atoms with van der Waals surface area (Å²) in [6.45, 7) is 3.96. The molecule has 0 unspecified atom stereocenters. The lowest BCUT2D eigenvalue weighted by atomic mass is 10.0. The van der Waals surface area contributed by atoms with Crippen LogP contribution in [-0.4, -0.2) is 19.7 Å². The summed E-state index contributed by atoms with van der Waals surface area (Å²) in [5, 5.41) is 4.42. The van der Waals surface area contributed by atoms with Gasteiger partial charge < -0.3 is 4.98 Å². The number of nitrogens with one attached hydrogen (secondary N) is 1. The summed E-state index contributed by atoms with van der Waals surface area (Å²) in [4.78, 5) is 20.0. The van der Waals surface area contributed by atoms with Crippen LogP contribution in [0.15, 0.2) is 4.79 Å². The minimum atomic E-state index is -0.0369. The van der Waals surface area contributed by atoms with Crippen molar-refractivity contribution in [3.05, 3.63) is 31.0 Å². The van der Waals surface area contributed by atoms with Crippen LogP contribution in [0.3, 0.4) is 0 Å². The van der Waals surface area contributed by atoms with Crippen molar-refractivity contribution < 1.29 is 0 Å². The summed E-state index contributed by atoms with van der Waals surface area (Å²) in [5.41, 5.74) is 3.80. The van der Waals surface area contributed by atoms with E-state index in [1.54, 1.807) is 0 Å². The average molecular weight is 398 g/mol. The molecule has 2 aromatic rings. The van der Waals surface area contributed by atoms with Gasteiger partial charge in [0.1, 0.15) is 5.82 Å². The van der Waals surface area contributed by atoms with Crippen molar-refractivity contribution in [2.75, 3.05) is 0 Å². The van der Waals surface area contributed by atoms with Gasteiger partial charge in [0.05, 0.1) is 20.5 Å². The molecule has 1 fully saturated rings. The van der Waals surface area contributed by atoms with Crippen molar-refractivity contribution in [2.45, 2.75) is 45.4 Å². The number of hydrogen-bond acceptors (Lipinski definition) is 3. The zero-order valence-corrected chi connectivity index (χ0v) is 14.7. The second-order valence-electron chi connectivity index (χ2n) is 5.76. The van der Waals surface area contributed by atoms with Crippen LogP contribution in [0.1, 0.15) is 48.7 Å². The summed E-state index contributed by atoms with van der Waals surface area (Å²) >= 11 is 2.13. The molecule has 3 rings (SSSR count). The van der Waals surface area contributed by atoms with Crippen LogP contribution in [0, 0.1) is 17.4 Å². The molecule has 6 heteroatoms. The zero-order chi connectivity index (χ0) is 15.1. The van der Waals surface area contributed by atoms with Crippen LogP contribution < -0.4 is 5.56 Å². The molecule has 0 bridgehead atoms. The first-order valence-electron chi connectivity index (χ1n) is 7.29. The maximum Gasteiger partial charge on any atom is 0.264 e. The highest BCUT2D eigenvalue weighted by Gasteiger charge is 2.24. The third-order valence-corrected chi connectivity index (χ3v) is 5.42. The normalized spacial score (nSPS) is 15.8. The maximum atomic E-state index is 12.3. The van der Waals surface area contributed by atoms with E-state index in [-0.39, 0.29) is 5.56 Å². The molecule has 0 aromatic carbocycles. The molecule has 0 spiro atoms. The van der Waals surface area contributed by atoms with Crippen LogP contribution in [0.5, 0.6) is 0 Å². The fourth-order valence-electron chi connectivity index (χ4n) is 3.18. The fourth-order valence-corrected chi connectivity index (χ4v) is 3.88. The number of aromatic amines is 1. The van der Waals surface area contributed by atoms with Crippen LogP contribution >= 0.6 is 22.6 Å². The molecule has 0 amide bonds. The largest absolute Gasteiger partial charge is 0.305 e. The van der Waals surface area contributed by atoms with E-state index in [0.717, 1.165) is 39.1 Å². The smallest absolute Gasteiger partial charge is 0.264 e. The Morgan fingerprint density at radius 1 is 1.29 bits per heavy atom. The molecule has 0 atom stereocenters. The van der Waals surface area contributed by atoms with Crippen molar-refractivity contribution in [1.82, 2.24) is 19.7 Å². The lowest BCUT2D eigenvalue weighted by Gasteiger charge is -2.12. The summed E-state index contributed by atoms with van der Waals surface area (Å²) in [6.07, 6.45) is 4.73. The van der Waals surface area contributed by atoms with Gasteiger partial charge in [-0.15, -0.1) is 0 Å². The van der Waals surface area contributed by atoms with E-state index in [0.29, 0.717) is 11.7 Å². The highest BCUT2D eigenvalue weighted by molar-refractivity contribution is 14.1. The number of hydrogen-bond donors (Lipinski definition) is 1. The maximum absolute atomic E-state index is 12.3. The van der Waals surface area contributed by atoms with E-state index in [2.05, 4.69) is 32.7 Å². The van der Waals surface area contributed by atoms with Gasteiger partial charge in [0.15, 0.2) is 0 Å². The molecule has 2 heterocycles. The molecular formula is C15H19IN4O. The van der Waals surface area contributed by atoms with Crippen molar-refractivity contribution in [3.8, 4) is 11.4 Å². The van der Waals surface area contributed by atoms with Gasteiger partial charge in [0.25, 0.3) is 5.56 Å². The first-order chi connectivity index (χ1) is 9.99. The highest BCUT2D eigenvalue weighted by atomic mass is 127. The summed E-state index contributed by atoms with van der Waals surface area (Å²) in [5.74, 6) is 1.08. The van der Waals surface area contributed by atoms with Gasteiger partial charge in [-0.05, 0) is 49.3 Å². The van der Waals surface area contributed by atoms with Crippen LogP contribution in [0.4, 0.5) is 0 Å². The van der Waals surface area contributed by atoms with E-state index in [1.807, 2.05) is 25.6 Å². The Morgan fingerprint density at radius 2 is 1.95 bits per heavy atom. The van der Waals surface area contributed by atoms with Gasteiger partial charge in [-0.25, -0.2) is 4.98 Å². The van der Waals surface area contributed by atoms with Gasteiger partial charge >= 0.3 is 0 Å². The van der Waals surface area contributed by atoms with E-state index in [4.69, 9.17) is 4.98 Å². The Labute approximate surface area is 137 Å². The lowest BCUT2D eigenvalue weighted by molar-refractivity contribution is 0.687. The average Bonchev–Trinajstić information content (AvgIpc) is 3.03. The first-order valence-corrected chi connectivity index (χ1v) is 8.37. The third-order valence-electron chi connectivity index (χ3n) is 4.38. The Bertz CT molecular complexity index is 741. The molecule has 1 aliphatic carbocycles. The topological polar surface area (TPSA) is 63.6 Å². The molecule has 0 saturated heterocycles. The first kappa shape index (κ1) is 14.7. The Morgan fingerprint density at radius 3 is 2.52 bits per heavy atom. The number of rotatable bonds is 2.